The highest BCUT2D eigenvalue weighted by atomic mass is 35.5. The third kappa shape index (κ3) is 3.39. The number of nitrogens with one attached hydrogen (secondary N) is 1. The molecular formula is C20H19Cl2N3. The van der Waals surface area contributed by atoms with E-state index in [1.54, 1.807) is 0 Å². The van der Waals surface area contributed by atoms with E-state index in [1.807, 2.05) is 28.9 Å². The normalized spacial score (nSPS) is 13.8. The van der Waals surface area contributed by atoms with Gasteiger partial charge in [0, 0.05) is 18.5 Å². The number of hydrogen-bond donors (Lipinski definition) is 1. The van der Waals surface area contributed by atoms with Crippen LogP contribution in [0.3, 0.4) is 0 Å². The lowest BCUT2D eigenvalue weighted by Crippen LogP contribution is -2.07. The van der Waals surface area contributed by atoms with Gasteiger partial charge in [-0.15, -0.1) is 0 Å². The van der Waals surface area contributed by atoms with Crippen molar-refractivity contribution >= 4 is 29.0 Å². The predicted molar refractivity (Wildman–Crippen MR) is 104 cm³/mol. The van der Waals surface area contributed by atoms with Gasteiger partial charge in [-0.1, -0.05) is 53.5 Å². The Morgan fingerprint density at radius 1 is 1.00 bits per heavy atom. The van der Waals surface area contributed by atoms with Gasteiger partial charge in [-0.3, -0.25) is 0 Å². The Kier molecular flexibility index (Phi) is 4.69. The second kappa shape index (κ2) is 7.11. The maximum absolute atomic E-state index is 6.22. The van der Waals surface area contributed by atoms with Crippen molar-refractivity contribution in [2.45, 2.75) is 25.7 Å². The third-order valence-electron chi connectivity index (χ3n) is 4.57. The lowest BCUT2D eigenvalue weighted by Gasteiger charge is -2.10. The number of benzene rings is 2. The largest absolute Gasteiger partial charge is 0.370 e. The van der Waals surface area contributed by atoms with Crippen LogP contribution in [-0.2, 0) is 12.8 Å². The van der Waals surface area contributed by atoms with Gasteiger partial charge >= 0.3 is 0 Å². The maximum atomic E-state index is 6.22. The highest BCUT2D eigenvalue weighted by Crippen LogP contribution is 2.31. The standard InChI is InChI=1S/C20H19Cl2N3/c21-17-10-9-15(13-18(17)22)25-20-16(8-4-5-11-23-20)19(24-25)12-14-6-2-1-3-7-14/h1-3,6-7,9-10,13,23H,4-5,8,11-12H2. The molecule has 0 unspecified atom stereocenters. The fourth-order valence-corrected chi connectivity index (χ4v) is 3.60. The summed E-state index contributed by atoms with van der Waals surface area (Å²) in [6.45, 7) is 0.963. The summed E-state index contributed by atoms with van der Waals surface area (Å²) in [6, 6.07) is 16.1. The first-order chi connectivity index (χ1) is 12.2. The predicted octanol–water partition coefficient (Wildman–Crippen LogP) is 5.52. The number of nitrogens with zero attached hydrogens (tertiary/aromatic N) is 2. The zero-order valence-electron chi connectivity index (χ0n) is 13.8. The van der Waals surface area contributed by atoms with Crippen LogP contribution in [0.2, 0.25) is 10.0 Å². The van der Waals surface area contributed by atoms with E-state index in [2.05, 4.69) is 29.6 Å². The van der Waals surface area contributed by atoms with E-state index in [9.17, 15) is 0 Å². The van der Waals surface area contributed by atoms with Crippen molar-refractivity contribution in [3.63, 3.8) is 0 Å². The lowest BCUT2D eigenvalue weighted by molar-refractivity contribution is 0.767. The molecule has 0 fully saturated rings. The lowest BCUT2D eigenvalue weighted by atomic mass is 10.0. The van der Waals surface area contributed by atoms with Crippen LogP contribution in [0.4, 0.5) is 5.82 Å². The summed E-state index contributed by atoms with van der Waals surface area (Å²) >= 11 is 12.3. The molecule has 0 spiro atoms. The van der Waals surface area contributed by atoms with Gasteiger partial charge in [-0.05, 0) is 43.0 Å². The monoisotopic (exact) mass is 371 g/mol. The Balaban J connectivity index is 1.80. The summed E-state index contributed by atoms with van der Waals surface area (Å²) in [6.07, 6.45) is 4.22. The Morgan fingerprint density at radius 2 is 1.84 bits per heavy atom. The van der Waals surface area contributed by atoms with Gasteiger partial charge in [0.05, 0.1) is 21.4 Å². The van der Waals surface area contributed by atoms with Crippen LogP contribution >= 0.6 is 23.2 Å². The minimum atomic E-state index is 0.543. The Morgan fingerprint density at radius 3 is 2.64 bits per heavy atom. The van der Waals surface area contributed by atoms with Crippen molar-refractivity contribution in [1.82, 2.24) is 9.78 Å². The molecule has 1 N–H and O–H groups in total. The number of anilines is 1. The Labute approximate surface area is 157 Å². The van der Waals surface area contributed by atoms with Gasteiger partial charge in [0.1, 0.15) is 5.82 Å². The van der Waals surface area contributed by atoms with E-state index in [-0.39, 0.29) is 0 Å². The second-order valence-corrected chi connectivity index (χ2v) is 7.14. The van der Waals surface area contributed by atoms with E-state index >= 15 is 0 Å². The van der Waals surface area contributed by atoms with E-state index in [0.717, 1.165) is 36.6 Å². The van der Waals surface area contributed by atoms with E-state index in [4.69, 9.17) is 28.3 Å². The van der Waals surface area contributed by atoms with E-state index in [0.29, 0.717) is 10.0 Å². The molecule has 5 heteroatoms. The molecular weight excluding hydrogens is 353 g/mol. The number of halogens is 2. The molecule has 2 heterocycles. The van der Waals surface area contributed by atoms with Crippen molar-refractivity contribution in [3.8, 4) is 5.69 Å². The highest BCUT2D eigenvalue weighted by Gasteiger charge is 2.21. The maximum Gasteiger partial charge on any atom is 0.133 e. The quantitative estimate of drug-likeness (QED) is 0.656. The minimum Gasteiger partial charge on any atom is -0.370 e. The first kappa shape index (κ1) is 16.5. The zero-order valence-corrected chi connectivity index (χ0v) is 15.3. The summed E-state index contributed by atoms with van der Waals surface area (Å²) in [5.74, 6) is 1.09. The highest BCUT2D eigenvalue weighted by molar-refractivity contribution is 6.42. The third-order valence-corrected chi connectivity index (χ3v) is 5.31. The molecule has 128 valence electrons. The van der Waals surface area contributed by atoms with E-state index in [1.165, 1.54) is 24.0 Å². The van der Waals surface area contributed by atoms with Crippen LogP contribution in [0.15, 0.2) is 48.5 Å². The van der Waals surface area contributed by atoms with Crippen molar-refractivity contribution < 1.29 is 0 Å². The number of hydrogen-bond acceptors (Lipinski definition) is 2. The SMILES string of the molecule is Clc1ccc(-n2nc(Cc3ccccc3)c3c2NCCCC3)cc1Cl. The molecule has 1 aliphatic heterocycles. The molecule has 0 saturated heterocycles. The summed E-state index contributed by atoms with van der Waals surface area (Å²) < 4.78 is 1.97. The molecule has 0 atom stereocenters. The van der Waals surface area contributed by atoms with E-state index < -0.39 is 0 Å². The van der Waals surface area contributed by atoms with Crippen molar-refractivity contribution in [2.24, 2.45) is 0 Å². The molecule has 0 bridgehead atoms. The first-order valence-corrected chi connectivity index (χ1v) is 9.32. The van der Waals surface area contributed by atoms with Crippen LogP contribution in [-0.4, -0.2) is 16.3 Å². The molecule has 0 aliphatic carbocycles. The number of aromatic nitrogens is 2. The van der Waals surface area contributed by atoms with Gasteiger partial charge in [0.25, 0.3) is 0 Å². The summed E-state index contributed by atoms with van der Waals surface area (Å²) in [7, 11) is 0. The molecule has 0 amide bonds. The first-order valence-electron chi connectivity index (χ1n) is 8.56. The molecule has 0 radical (unpaired) electrons. The zero-order chi connectivity index (χ0) is 17.2. The Bertz CT molecular complexity index is 887. The second-order valence-electron chi connectivity index (χ2n) is 6.33. The average Bonchev–Trinajstić information content (AvgIpc) is 2.81. The van der Waals surface area contributed by atoms with Gasteiger partial charge < -0.3 is 5.32 Å². The van der Waals surface area contributed by atoms with Crippen LogP contribution in [0.5, 0.6) is 0 Å². The fourth-order valence-electron chi connectivity index (χ4n) is 3.31. The smallest absolute Gasteiger partial charge is 0.133 e. The molecule has 4 rings (SSSR count). The topological polar surface area (TPSA) is 29.9 Å². The minimum absolute atomic E-state index is 0.543. The van der Waals surface area contributed by atoms with Crippen molar-refractivity contribution in [2.75, 3.05) is 11.9 Å². The fraction of sp³-hybridized carbons (Fsp3) is 0.250. The van der Waals surface area contributed by atoms with Gasteiger partial charge in [0.15, 0.2) is 0 Å². The summed E-state index contributed by atoms with van der Waals surface area (Å²) in [5, 5.41) is 9.58. The number of fused-ring (bicyclic) bond motifs is 1. The van der Waals surface area contributed by atoms with Crippen LogP contribution < -0.4 is 5.32 Å². The van der Waals surface area contributed by atoms with Crippen molar-refractivity contribution in [1.29, 1.82) is 0 Å². The molecule has 1 aliphatic rings. The molecule has 2 aromatic carbocycles. The van der Waals surface area contributed by atoms with Crippen LogP contribution in [0, 0.1) is 0 Å². The van der Waals surface area contributed by atoms with Gasteiger partial charge in [-0.25, -0.2) is 4.68 Å². The molecule has 3 nitrogen and oxygen atoms in total. The number of rotatable bonds is 3. The molecule has 1 aromatic heterocycles. The average molecular weight is 372 g/mol. The summed E-state index contributed by atoms with van der Waals surface area (Å²) in [4.78, 5) is 0. The van der Waals surface area contributed by atoms with Crippen molar-refractivity contribution in [3.05, 3.63) is 75.4 Å². The van der Waals surface area contributed by atoms with Crippen LogP contribution in [0.1, 0.15) is 29.7 Å². The molecule has 3 aromatic rings. The molecule has 25 heavy (non-hydrogen) atoms. The van der Waals surface area contributed by atoms with Gasteiger partial charge in [0.2, 0.25) is 0 Å². The summed E-state index contributed by atoms with van der Waals surface area (Å²) in [5.41, 5.74) is 4.64. The molecule has 0 saturated carbocycles. The van der Waals surface area contributed by atoms with Gasteiger partial charge in [-0.2, -0.15) is 5.10 Å². The van der Waals surface area contributed by atoms with Crippen LogP contribution in [0.25, 0.3) is 5.69 Å². The Hall–Kier alpha value is -1.97.